The van der Waals surface area contributed by atoms with Crippen LogP contribution in [0.15, 0.2) is 72.9 Å². The Morgan fingerprint density at radius 2 is 1.10 bits per heavy atom. The molecule has 0 spiro atoms. The van der Waals surface area contributed by atoms with Crippen LogP contribution in [-0.2, 0) is 19.1 Å². The summed E-state index contributed by atoms with van der Waals surface area (Å²) in [5.74, 6) is 0.0788. The predicted octanol–water partition coefficient (Wildman–Crippen LogP) is 10.8. The molecule has 7 heteroatoms. The molecule has 0 rings (SSSR count). The second-order valence-electron chi connectivity index (χ2n) is 14.2. The molecule has 0 aromatic rings. The summed E-state index contributed by atoms with van der Waals surface area (Å²) in [6.45, 7) is 6.14. The first-order chi connectivity index (χ1) is 25.3. The third kappa shape index (κ3) is 37.0. The molecule has 0 unspecified atom stereocenters. The monoisotopic (exact) mass is 729 g/mol. The van der Waals surface area contributed by atoms with Gasteiger partial charge in [-0.2, -0.15) is 0 Å². The number of carbonyl (C=O) groups excluding carboxylic acids is 2. The van der Waals surface area contributed by atoms with Crippen LogP contribution in [-0.4, -0.2) is 58.8 Å². The van der Waals surface area contributed by atoms with Gasteiger partial charge in [0.1, 0.15) is 6.61 Å². The molecule has 0 aliphatic rings. The van der Waals surface area contributed by atoms with Gasteiger partial charge in [-0.1, -0.05) is 184 Å². The van der Waals surface area contributed by atoms with E-state index in [-0.39, 0.29) is 19.0 Å². The van der Waals surface area contributed by atoms with Crippen LogP contribution < -0.4 is 0 Å². The fourth-order valence-electron chi connectivity index (χ4n) is 5.47. The van der Waals surface area contributed by atoms with E-state index in [1.165, 1.54) is 77.0 Å². The summed E-state index contributed by atoms with van der Waals surface area (Å²) in [6.07, 6.45) is 43.3. The summed E-state index contributed by atoms with van der Waals surface area (Å²) in [5, 5.41) is 29.4. The molecule has 298 valence electrons. The standard InChI is InChI=1S/C45H76O7/c1-4-5-24-32-41(47)34-27-22-23-28-35-42(48)33-26-19-16-17-21-30-37-45(50)52-43(38-46)39-51-44(49)36-29-20-15-13-11-9-7-6-8-10-12-14-18-25-31-40(2)3/h5,17,19,21-24,26-28,34-35,40-43,46-48H,4,6-16,18,20,25,29-33,36-39H2,1-3H3/b21-17-,23-22-,24-5-,26-19-,34-27+,35-28+/t41-,42+,43-/m0/s1. The first kappa shape index (κ1) is 49.3. The minimum Gasteiger partial charge on any atom is -0.462 e. The van der Waals surface area contributed by atoms with Crippen molar-refractivity contribution in [2.45, 2.75) is 180 Å². The summed E-state index contributed by atoms with van der Waals surface area (Å²) >= 11 is 0. The molecule has 0 fully saturated rings. The highest BCUT2D eigenvalue weighted by Crippen LogP contribution is 2.15. The topological polar surface area (TPSA) is 113 Å². The molecule has 0 saturated heterocycles. The Morgan fingerprint density at radius 3 is 1.62 bits per heavy atom. The number of ether oxygens (including phenoxy) is 2. The van der Waals surface area contributed by atoms with Crippen LogP contribution in [0.2, 0.25) is 0 Å². The molecule has 3 atom stereocenters. The van der Waals surface area contributed by atoms with Gasteiger partial charge in [-0.25, -0.2) is 0 Å². The lowest BCUT2D eigenvalue weighted by atomic mass is 10.0. The number of esters is 2. The van der Waals surface area contributed by atoms with E-state index in [0.717, 1.165) is 31.6 Å². The molecule has 52 heavy (non-hydrogen) atoms. The van der Waals surface area contributed by atoms with Crippen molar-refractivity contribution >= 4 is 11.9 Å². The summed E-state index contributed by atoms with van der Waals surface area (Å²) < 4.78 is 10.5. The molecule has 0 saturated carbocycles. The van der Waals surface area contributed by atoms with Gasteiger partial charge in [-0.3, -0.25) is 9.59 Å². The molecular weight excluding hydrogens is 652 g/mol. The molecule has 7 nitrogen and oxygen atoms in total. The van der Waals surface area contributed by atoms with Gasteiger partial charge in [0.2, 0.25) is 0 Å². The normalized spacial score (nSPS) is 14.3. The van der Waals surface area contributed by atoms with Gasteiger partial charge < -0.3 is 24.8 Å². The molecule has 0 aromatic carbocycles. The van der Waals surface area contributed by atoms with Crippen LogP contribution in [0.1, 0.15) is 162 Å². The van der Waals surface area contributed by atoms with E-state index in [1.807, 2.05) is 48.6 Å². The molecule has 0 aliphatic heterocycles. The number of allylic oxidation sites excluding steroid dienone is 8. The maximum absolute atomic E-state index is 12.2. The zero-order chi connectivity index (χ0) is 38.3. The Bertz CT molecular complexity index is 1010. The maximum atomic E-state index is 12.2. The number of hydrogen-bond acceptors (Lipinski definition) is 7. The van der Waals surface area contributed by atoms with Crippen molar-refractivity contribution in [1.29, 1.82) is 0 Å². The fraction of sp³-hybridized carbons (Fsp3) is 0.689. The molecule has 0 heterocycles. The van der Waals surface area contributed by atoms with E-state index in [0.29, 0.717) is 32.1 Å². The Labute approximate surface area is 318 Å². The Balaban J connectivity index is 3.81. The lowest BCUT2D eigenvalue weighted by Crippen LogP contribution is -2.28. The predicted molar refractivity (Wildman–Crippen MR) is 217 cm³/mol. The van der Waals surface area contributed by atoms with Crippen LogP contribution in [0.25, 0.3) is 0 Å². The van der Waals surface area contributed by atoms with Gasteiger partial charge in [0, 0.05) is 12.8 Å². The van der Waals surface area contributed by atoms with E-state index in [9.17, 15) is 24.9 Å². The van der Waals surface area contributed by atoms with Crippen LogP contribution in [0, 0.1) is 5.92 Å². The minimum atomic E-state index is -0.851. The van der Waals surface area contributed by atoms with Crippen LogP contribution in [0.4, 0.5) is 0 Å². The van der Waals surface area contributed by atoms with Gasteiger partial charge >= 0.3 is 11.9 Å². The Kier molecular flexibility index (Phi) is 36.0. The zero-order valence-electron chi connectivity index (χ0n) is 33.2. The lowest BCUT2D eigenvalue weighted by Gasteiger charge is -2.15. The number of aliphatic hydroxyl groups excluding tert-OH is 3. The average Bonchev–Trinajstić information content (AvgIpc) is 3.12. The highest BCUT2D eigenvalue weighted by atomic mass is 16.6. The number of carbonyl (C=O) groups is 2. The Morgan fingerprint density at radius 1 is 0.596 bits per heavy atom. The van der Waals surface area contributed by atoms with Gasteiger partial charge in [0.25, 0.3) is 0 Å². The van der Waals surface area contributed by atoms with Crippen LogP contribution in [0.3, 0.4) is 0 Å². The molecule has 0 radical (unpaired) electrons. The Hall–Kier alpha value is -2.74. The molecule has 0 aromatic heterocycles. The fourth-order valence-corrected chi connectivity index (χ4v) is 5.47. The molecule has 3 N–H and O–H groups in total. The summed E-state index contributed by atoms with van der Waals surface area (Å²) in [4.78, 5) is 24.3. The number of unbranched alkanes of at least 4 members (excludes halogenated alkanes) is 13. The third-order valence-corrected chi connectivity index (χ3v) is 8.62. The lowest BCUT2D eigenvalue weighted by molar-refractivity contribution is -0.161. The summed E-state index contributed by atoms with van der Waals surface area (Å²) in [7, 11) is 0. The molecular formula is C45H76O7. The van der Waals surface area contributed by atoms with Gasteiger partial charge in [0.15, 0.2) is 6.10 Å². The molecule has 0 bridgehead atoms. The second kappa shape index (κ2) is 38.0. The SMILES string of the molecule is CC/C=C\C[C@H](O)/C=C/C=C\C=C\[C@H](O)C/C=C\C/C=C\CCC(=O)O[C@@H](CO)COC(=O)CCCCCCCCCCCCCCCCC(C)C. The van der Waals surface area contributed by atoms with Crippen molar-refractivity contribution < 1.29 is 34.4 Å². The second-order valence-corrected chi connectivity index (χ2v) is 14.2. The van der Waals surface area contributed by atoms with Crippen molar-refractivity contribution in [3.8, 4) is 0 Å². The smallest absolute Gasteiger partial charge is 0.306 e. The largest absolute Gasteiger partial charge is 0.462 e. The van der Waals surface area contributed by atoms with E-state index in [4.69, 9.17) is 9.47 Å². The minimum absolute atomic E-state index is 0.129. The first-order valence-corrected chi connectivity index (χ1v) is 20.6. The maximum Gasteiger partial charge on any atom is 0.306 e. The first-order valence-electron chi connectivity index (χ1n) is 20.6. The average molecular weight is 729 g/mol. The van der Waals surface area contributed by atoms with Gasteiger partial charge in [0.05, 0.1) is 18.8 Å². The van der Waals surface area contributed by atoms with Crippen molar-refractivity contribution in [3.05, 3.63) is 72.9 Å². The highest BCUT2D eigenvalue weighted by molar-refractivity contribution is 5.70. The van der Waals surface area contributed by atoms with Crippen molar-refractivity contribution in [2.75, 3.05) is 13.2 Å². The highest BCUT2D eigenvalue weighted by Gasteiger charge is 2.15. The number of rotatable bonds is 35. The van der Waals surface area contributed by atoms with Gasteiger partial charge in [-0.05, 0) is 44.4 Å². The zero-order valence-corrected chi connectivity index (χ0v) is 33.2. The van der Waals surface area contributed by atoms with Crippen molar-refractivity contribution in [1.82, 2.24) is 0 Å². The molecule has 0 aliphatic carbocycles. The van der Waals surface area contributed by atoms with E-state index in [2.05, 4.69) is 20.8 Å². The number of aliphatic hydroxyl groups is 3. The van der Waals surface area contributed by atoms with E-state index >= 15 is 0 Å². The van der Waals surface area contributed by atoms with Crippen LogP contribution >= 0.6 is 0 Å². The van der Waals surface area contributed by atoms with Gasteiger partial charge in [-0.15, -0.1) is 0 Å². The quantitative estimate of drug-likeness (QED) is 0.0258. The number of hydrogen-bond donors (Lipinski definition) is 3. The summed E-state index contributed by atoms with van der Waals surface area (Å²) in [5.41, 5.74) is 0. The third-order valence-electron chi connectivity index (χ3n) is 8.62. The molecule has 0 amide bonds. The van der Waals surface area contributed by atoms with E-state index < -0.39 is 30.9 Å². The summed E-state index contributed by atoms with van der Waals surface area (Å²) in [6, 6.07) is 0. The van der Waals surface area contributed by atoms with E-state index in [1.54, 1.807) is 24.3 Å². The van der Waals surface area contributed by atoms with Crippen LogP contribution in [0.5, 0.6) is 0 Å². The van der Waals surface area contributed by atoms with Crippen molar-refractivity contribution in [3.63, 3.8) is 0 Å². The van der Waals surface area contributed by atoms with Crippen molar-refractivity contribution in [2.24, 2.45) is 5.92 Å².